The molecule has 156 valence electrons. The second-order valence-corrected chi connectivity index (χ2v) is 9.06. The van der Waals surface area contributed by atoms with Gasteiger partial charge in [-0.1, -0.05) is 78.4 Å². The van der Waals surface area contributed by atoms with Crippen LogP contribution < -0.4 is 10.1 Å². The van der Waals surface area contributed by atoms with E-state index in [9.17, 15) is 4.79 Å². The molecule has 0 spiro atoms. The highest BCUT2D eigenvalue weighted by Gasteiger charge is 2.06. The number of amides is 1. The lowest BCUT2D eigenvalue weighted by molar-refractivity contribution is -0.111. The summed E-state index contributed by atoms with van der Waals surface area (Å²) in [4.78, 5) is 12.1. The zero-order valence-electron chi connectivity index (χ0n) is 17.1. The molecule has 0 aliphatic carbocycles. The molecule has 0 atom stereocenters. The summed E-state index contributed by atoms with van der Waals surface area (Å²) in [5.74, 6) is 1.58. The third kappa shape index (κ3) is 7.31. The molecular formula is C23H25N3O2S2. The van der Waals surface area contributed by atoms with Gasteiger partial charge in [0.05, 0.1) is 0 Å². The molecule has 7 heteroatoms. The van der Waals surface area contributed by atoms with Gasteiger partial charge in [0, 0.05) is 11.8 Å². The number of benzene rings is 2. The summed E-state index contributed by atoms with van der Waals surface area (Å²) in [6, 6.07) is 15.9. The smallest absolute Gasteiger partial charge is 0.250 e. The number of carbonyl (C=O) groups is 1. The summed E-state index contributed by atoms with van der Waals surface area (Å²) in [5.41, 5.74) is 3.28. The summed E-state index contributed by atoms with van der Waals surface area (Å²) >= 11 is 3.07. The quantitative estimate of drug-likeness (QED) is 0.182. The van der Waals surface area contributed by atoms with Gasteiger partial charge in [0.15, 0.2) is 4.34 Å². The van der Waals surface area contributed by atoms with E-state index >= 15 is 0 Å². The number of aryl methyl sites for hydroxylation is 1. The number of ether oxygens (including phenoxy) is 1. The number of thioether (sulfide) groups is 1. The fourth-order valence-corrected chi connectivity index (χ4v) is 4.38. The van der Waals surface area contributed by atoms with E-state index in [-0.39, 0.29) is 5.91 Å². The van der Waals surface area contributed by atoms with Crippen LogP contribution >= 0.6 is 23.1 Å². The fraction of sp³-hybridized carbons (Fsp3) is 0.261. The zero-order chi connectivity index (χ0) is 21.2. The number of anilines is 1. The SMILES string of the molecule is CCCCSc1nnc(NC(=O)/C=C/c2ccc(OCc3ccc(C)cc3)cc2)s1. The molecule has 0 aliphatic heterocycles. The van der Waals surface area contributed by atoms with Crippen LogP contribution in [-0.4, -0.2) is 21.9 Å². The van der Waals surface area contributed by atoms with Gasteiger partial charge < -0.3 is 4.74 Å². The monoisotopic (exact) mass is 439 g/mol. The molecule has 1 N–H and O–H groups in total. The van der Waals surface area contributed by atoms with Crippen molar-refractivity contribution >= 4 is 40.2 Å². The fourth-order valence-electron chi connectivity index (χ4n) is 2.47. The van der Waals surface area contributed by atoms with E-state index in [1.807, 2.05) is 24.3 Å². The first-order chi connectivity index (χ1) is 14.6. The molecule has 3 aromatic rings. The largest absolute Gasteiger partial charge is 0.489 e. The van der Waals surface area contributed by atoms with E-state index in [2.05, 4.69) is 53.6 Å². The molecule has 1 amide bonds. The van der Waals surface area contributed by atoms with E-state index in [0.717, 1.165) is 39.8 Å². The molecule has 1 heterocycles. The van der Waals surface area contributed by atoms with E-state index in [0.29, 0.717) is 11.7 Å². The Balaban J connectivity index is 1.46. The number of unbranched alkanes of at least 4 members (excludes halogenated alkanes) is 1. The van der Waals surface area contributed by atoms with Gasteiger partial charge in [0.2, 0.25) is 11.0 Å². The van der Waals surface area contributed by atoms with E-state index in [1.165, 1.54) is 23.0 Å². The third-order valence-electron chi connectivity index (χ3n) is 4.19. The van der Waals surface area contributed by atoms with Gasteiger partial charge in [-0.15, -0.1) is 10.2 Å². The first-order valence-corrected chi connectivity index (χ1v) is 11.7. The maximum atomic E-state index is 12.1. The number of hydrogen-bond donors (Lipinski definition) is 1. The molecule has 0 fully saturated rings. The highest BCUT2D eigenvalue weighted by atomic mass is 32.2. The third-order valence-corrected chi connectivity index (χ3v) is 6.25. The molecule has 0 radical (unpaired) electrons. The molecule has 2 aromatic carbocycles. The topological polar surface area (TPSA) is 64.1 Å². The summed E-state index contributed by atoms with van der Waals surface area (Å²) in [7, 11) is 0. The summed E-state index contributed by atoms with van der Waals surface area (Å²) in [5, 5.41) is 11.4. The highest BCUT2D eigenvalue weighted by Crippen LogP contribution is 2.26. The summed E-state index contributed by atoms with van der Waals surface area (Å²) in [6.45, 7) is 4.75. The molecule has 30 heavy (non-hydrogen) atoms. The summed E-state index contributed by atoms with van der Waals surface area (Å²) < 4.78 is 6.69. The average molecular weight is 440 g/mol. The second kappa shape index (κ2) is 11.5. The van der Waals surface area contributed by atoms with Crippen molar-refractivity contribution in [1.82, 2.24) is 10.2 Å². The zero-order valence-corrected chi connectivity index (χ0v) is 18.8. The molecular weight excluding hydrogens is 414 g/mol. The molecule has 0 saturated heterocycles. The van der Waals surface area contributed by atoms with Crippen molar-refractivity contribution in [3.63, 3.8) is 0 Å². The van der Waals surface area contributed by atoms with Crippen LogP contribution in [-0.2, 0) is 11.4 Å². The Bertz CT molecular complexity index is 967. The number of rotatable bonds is 10. The van der Waals surface area contributed by atoms with E-state index in [1.54, 1.807) is 17.8 Å². The van der Waals surface area contributed by atoms with Crippen LogP contribution in [0.2, 0.25) is 0 Å². The van der Waals surface area contributed by atoms with Crippen LogP contribution in [0, 0.1) is 6.92 Å². The van der Waals surface area contributed by atoms with Crippen molar-refractivity contribution in [2.75, 3.05) is 11.1 Å². The van der Waals surface area contributed by atoms with Gasteiger partial charge in [-0.3, -0.25) is 10.1 Å². The highest BCUT2D eigenvalue weighted by molar-refractivity contribution is 8.01. The lowest BCUT2D eigenvalue weighted by Crippen LogP contribution is -2.07. The standard InChI is InChI=1S/C23H25N3O2S2/c1-3-4-15-29-23-26-25-22(30-23)24-21(27)14-11-18-9-12-20(13-10-18)28-16-19-7-5-17(2)6-8-19/h5-14H,3-4,15-16H2,1-2H3,(H,24,25,27)/b14-11+. The molecule has 0 unspecified atom stereocenters. The molecule has 5 nitrogen and oxygen atoms in total. The first kappa shape index (κ1) is 22.1. The Morgan fingerprint density at radius 3 is 2.63 bits per heavy atom. The van der Waals surface area contributed by atoms with Gasteiger partial charge in [-0.05, 0) is 42.7 Å². The first-order valence-electron chi connectivity index (χ1n) is 9.86. The van der Waals surface area contributed by atoms with Crippen LogP contribution in [0.4, 0.5) is 5.13 Å². The Morgan fingerprint density at radius 2 is 1.90 bits per heavy atom. The van der Waals surface area contributed by atoms with Crippen LogP contribution in [0.3, 0.4) is 0 Å². The number of hydrogen-bond acceptors (Lipinski definition) is 6. The maximum Gasteiger partial charge on any atom is 0.250 e. The normalized spacial score (nSPS) is 11.0. The number of aromatic nitrogens is 2. The minimum absolute atomic E-state index is 0.226. The van der Waals surface area contributed by atoms with Crippen LogP contribution in [0.15, 0.2) is 58.9 Å². The van der Waals surface area contributed by atoms with Crippen LogP contribution in [0.1, 0.15) is 36.5 Å². The van der Waals surface area contributed by atoms with Crippen molar-refractivity contribution < 1.29 is 9.53 Å². The van der Waals surface area contributed by atoms with E-state index < -0.39 is 0 Å². The predicted molar refractivity (Wildman–Crippen MR) is 125 cm³/mol. The lowest BCUT2D eigenvalue weighted by atomic mass is 10.1. The molecule has 0 bridgehead atoms. The minimum atomic E-state index is -0.226. The Hall–Kier alpha value is -2.64. The maximum absolute atomic E-state index is 12.1. The molecule has 0 saturated carbocycles. The minimum Gasteiger partial charge on any atom is -0.489 e. The number of nitrogens with one attached hydrogen (secondary N) is 1. The Kier molecular flexibility index (Phi) is 8.47. The van der Waals surface area contributed by atoms with Gasteiger partial charge in [0.25, 0.3) is 0 Å². The number of nitrogens with zero attached hydrogens (tertiary/aromatic N) is 2. The van der Waals surface area contributed by atoms with Gasteiger partial charge in [-0.25, -0.2) is 0 Å². The van der Waals surface area contributed by atoms with Gasteiger partial charge >= 0.3 is 0 Å². The van der Waals surface area contributed by atoms with E-state index in [4.69, 9.17) is 4.74 Å². The Labute approximate surface area is 185 Å². The molecule has 1 aromatic heterocycles. The predicted octanol–water partition coefficient (Wildman–Crippen LogP) is 5.97. The van der Waals surface area contributed by atoms with Gasteiger partial charge in [-0.2, -0.15) is 0 Å². The van der Waals surface area contributed by atoms with Crippen molar-refractivity contribution in [3.8, 4) is 5.75 Å². The summed E-state index contributed by atoms with van der Waals surface area (Å²) in [6.07, 6.45) is 5.55. The van der Waals surface area contributed by atoms with Gasteiger partial charge in [0.1, 0.15) is 12.4 Å². The van der Waals surface area contributed by atoms with Crippen molar-refractivity contribution in [3.05, 3.63) is 71.3 Å². The van der Waals surface area contributed by atoms with Crippen molar-refractivity contribution in [1.29, 1.82) is 0 Å². The average Bonchev–Trinajstić information content (AvgIpc) is 3.20. The second-order valence-electron chi connectivity index (χ2n) is 6.74. The lowest BCUT2D eigenvalue weighted by Gasteiger charge is -2.07. The van der Waals surface area contributed by atoms with Crippen LogP contribution in [0.25, 0.3) is 6.08 Å². The van der Waals surface area contributed by atoms with Crippen LogP contribution in [0.5, 0.6) is 5.75 Å². The molecule has 0 aliphatic rings. The van der Waals surface area contributed by atoms with Crippen molar-refractivity contribution in [2.24, 2.45) is 0 Å². The molecule has 3 rings (SSSR count). The Morgan fingerprint density at radius 1 is 1.13 bits per heavy atom. The number of carbonyl (C=O) groups excluding carboxylic acids is 1. The van der Waals surface area contributed by atoms with Crippen molar-refractivity contribution in [2.45, 2.75) is 37.6 Å².